The predicted molar refractivity (Wildman–Crippen MR) is 145 cm³/mol. The van der Waals surface area contributed by atoms with E-state index >= 15 is 0 Å². The van der Waals surface area contributed by atoms with Gasteiger partial charge in [0.2, 0.25) is 5.91 Å². The number of nitrogens with zero attached hydrogens (tertiary/aromatic N) is 4. The molecule has 1 N–H and O–H groups in total. The Morgan fingerprint density at radius 2 is 1.89 bits per heavy atom. The highest BCUT2D eigenvalue weighted by molar-refractivity contribution is 8.13. The zero-order valence-corrected chi connectivity index (χ0v) is 21.2. The molecule has 0 bridgehead atoms. The van der Waals surface area contributed by atoms with Gasteiger partial charge >= 0.3 is 0 Å². The Morgan fingerprint density at radius 1 is 1.11 bits per heavy atom. The maximum absolute atomic E-state index is 13.4. The minimum atomic E-state index is -0.879. The Balaban J connectivity index is 1.30. The number of carbonyl (C=O) groups is 2. The summed E-state index contributed by atoms with van der Waals surface area (Å²) in [6, 6.07) is 20.2. The number of nitro groups is 1. The Kier molecular flexibility index (Phi) is 7.18. The molecule has 2 amide bonds. The molecule has 3 aromatic rings. The van der Waals surface area contributed by atoms with Crippen LogP contribution in [0.15, 0.2) is 82.8 Å². The van der Waals surface area contributed by atoms with Crippen LogP contribution in [0.2, 0.25) is 0 Å². The van der Waals surface area contributed by atoms with E-state index in [-0.39, 0.29) is 23.9 Å². The van der Waals surface area contributed by atoms with Gasteiger partial charge in [0.05, 0.1) is 24.1 Å². The van der Waals surface area contributed by atoms with Gasteiger partial charge < -0.3 is 10.1 Å². The maximum Gasteiger partial charge on any atom is 0.269 e. The lowest BCUT2D eigenvalue weighted by molar-refractivity contribution is -0.384. The van der Waals surface area contributed by atoms with Crippen molar-refractivity contribution in [3.63, 3.8) is 0 Å². The molecule has 2 aliphatic heterocycles. The molecule has 0 radical (unpaired) electrons. The largest absolute Gasteiger partial charge is 0.497 e. The molecule has 3 aromatic carbocycles. The van der Waals surface area contributed by atoms with E-state index in [9.17, 15) is 19.7 Å². The van der Waals surface area contributed by atoms with Gasteiger partial charge in [-0.2, -0.15) is 0 Å². The number of nitro benzene ring substituents is 1. The van der Waals surface area contributed by atoms with Crippen molar-refractivity contribution in [2.24, 2.45) is 9.98 Å². The number of amidine groups is 2. The van der Waals surface area contributed by atoms with Crippen LogP contribution in [0.25, 0.3) is 0 Å². The second kappa shape index (κ2) is 10.9. The zero-order valence-electron chi connectivity index (χ0n) is 20.4. The lowest BCUT2D eigenvalue weighted by Gasteiger charge is -2.25. The minimum absolute atomic E-state index is 0.000699. The molecule has 0 saturated carbocycles. The topological polar surface area (TPSA) is 126 Å². The van der Waals surface area contributed by atoms with E-state index in [0.29, 0.717) is 34.6 Å². The third-order valence-corrected chi connectivity index (χ3v) is 7.07. The van der Waals surface area contributed by atoms with E-state index in [2.05, 4.69) is 15.3 Å². The molecule has 0 aliphatic carbocycles. The lowest BCUT2D eigenvalue weighted by atomic mass is 10.1. The molecular weight excluding hydrogens is 506 g/mol. The van der Waals surface area contributed by atoms with Gasteiger partial charge in [-0.25, -0.2) is 9.89 Å². The average Bonchev–Trinajstić information content (AvgIpc) is 3.27. The van der Waals surface area contributed by atoms with E-state index in [0.717, 1.165) is 16.9 Å². The Hall–Kier alpha value is -4.51. The first-order chi connectivity index (χ1) is 18.4. The highest BCUT2D eigenvalue weighted by Crippen LogP contribution is 2.35. The number of ether oxygens (including phenoxy) is 1. The summed E-state index contributed by atoms with van der Waals surface area (Å²) in [5.74, 6) is 0.923. The van der Waals surface area contributed by atoms with Crippen LogP contribution in [-0.2, 0) is 21.9 Å². The molecule has 0 spiro atoms. The normalized spacial score (nSPS) is 15.8. The van der Waals surface area contributed by atoms with E-state index in [4.69, 9.17) is 4.74 Å². The molecule has 11 heteroatoms. The summed E-state index contributed by atoms with van der Waals surface area (Å²) in [4.78, 5) is 47.6. The first kappa shape index (κ1) is 25.2. The van der Waals surface area contributed by atoms with E-state index < -0.39 is 11.0 Å². The zero-order chi connectivity index (χ0) is 26.6. The number of nitrogens with one attached hydrogen (secondary N) is 1. The summed E-state index contributed by atoms with van der Waals surface area (Å²) >= 11 is 1.29. The highest BCUT2D eigenvalue weighted by atomic mass is 32.2. The van der Waals surface area contributed by atoms with Crippen LogP contribution in [-0.4, -0.2) is 45.8 Å². The second-order valence-electron chi connectivity index (χ2n) is 8.60. The number of carbonyl (C=O) groups excluding carboxylic acids is 2. The van der Waals surface area contributed by atoms with Gasteiger partial charge in [0.15, 0.2) is 5.17 Å². The fraction of sp³-hybridized carbons (Fsp3) is 0.185. The Morgan fingerprint density at radius 3 is 2.66 bits per heavy atom. The van der Waals surface area contributed by atoms with Crippen LogP contribution in [0.5, 0.6) is 5.75 Å². The van der Waals surface area contributed by atoms with Crippen LogP contribution in [0, 0.1) is 10.1 Å². The standard InChI is InChI=1S/C27H23N5O5S/c1-37-20-11-9-17(10-12-20)15-28-24(33)14-23-26(34)31-25(29-23)21-7-2-3-8-22(21)30-27(31)38-16-18-5-4-6-19(13-18)32(35)36/h2-13,23H,14-16H2,1H3,(H,28,33)/t23-/m1/s1. The number of amides is 2. The van der Waals surface area contributed by atoms with Gasteiger partial charge in [0.25, 0.3) is 11.6 Å². The number of thioether (sulfide) groups is 1. The number of benzene rings is 3. The average molecular weight is 530 g/mol. The van der Waals surface area contributed by atoms with Crippen LogP contribution < -0.4 is 10.1 Å². The molecular formula is C27H23N5O5S. The van der Waals surface area contributed by atoms with Crippen molar-refractivity contribution in [2.45, 2.75) is 24.8 Å². The molecule has 2 aliphatic rings. The summed E-state index contributed by atoms with van der Waals surface area (Å²) in [5, 5.41) is 14.4. The van der Waals surface area contributed by atoms with E-state index in [1.165, 1.54) is 28.8 Å². The van der Waals surface area contributed by atoms with Gasteiger partial charge in [-0.1, -0.05) is 48.2 Å². The molecule has 5 rings (SSSR count). The Labute approximate surface area is 222 Å². The number of rotatable bonds is 8. The van der Waals surface area contributed by atoms with Crippen molar-refractivity contribution in [3.05, 3.63) is 99.6 Å². The molecule has 0 fully saturated rings. The summed E-state index contributed by atoms with van der Waals surface area (Å²) in [6.45, 7) is 0.318. The molecule has 0 saturated heterocycles. The van der Waals surface area contributed by atoms with Gasteiger partial charge in [-0.15, -0.1) is 0 Å². The smallest absolute Gasteiger partial charge is 0.269 e. The van der Waals surface area contributed by atoms with Crippen LogP contribution in [0.1, 0.15) is 23.1 Å². The molecule has 10 nitrogen and oxygen atoms in total. The van der Waals surface area contributed by atoms with Crippen molar-refractivity contribution < 1.29 is 19.2 Å². The van der Waals surface area contributed by atoms with Crippen molar-refractivity contribution in [1.29, 1.82) is 0 Å². The van der Waals surface area contributed by atoms with Gasteiger partial charge in [-0.05, 0) is 35.4 Å². The second-order valence-corrected chi connectivity index (χ2v) is 9.54. The van der Waals surface area contributed by atoms with Gasteiger partial charge in [0, 0.05) is 30.0 Å². The monoisotopic (exact) mass is 529 g/mol. The third kappa shape index (κ3) is 5.28. The lowest BCUT2D eigenvalue weighted by Crippen LogP contribution is -2.42. The number of hydrogen-bond donors (Lipinski definition) is 1. The third-order valence-electron chi connectivity index (χ3n) is 6.06. The molecule has 0 aromatic heterocycles. The highest BCUT2D eigenvalue weighted by Gasteiger charge is 2.42. The minimum Gasteiger partial charge on any atom is -0.497 e. The molecule has 1 atom stereocenters. The van der Waals surface area contributed by atoms with Crippen LogP contribution >= 0.6 is 11.8 Å². The first-order valence-electron chi connectivity index (χ1n) is 11.8. The summed E-state index contributed by atoms with van der Waals surface area (Å²) in [7, 11) is 1.59. The molecule has 2 heterocycles. The number of aliphatic imine (C=N–C) groups is 2. The predicted octanol–water partition coefficient (Wildman–Crippen LogP) is 4.20. The molecule has 192 valence electrons. The Bertz CT molecular complexity index is 1470. The van der Waals surface area contributed by atoms with E-state index in [1.807, 2.05) is 48.5 Å². The molecule has 0 unspecified atom stereocenters. The number of hydrogen-bond acceptors (Lipinski definition) is 8. The van der Waals surface area contributed by atoms with Crippen molar-refractivity contribution in [2.75, 3.05) is 7.11 Å². The maximum atomic E-state index is 13.4. The first-order valence-corrected chi connectivity index (χ1v) is 12.8. The number of non-ortho nitro benzene ring substituents is 1. The van der Waals surface area contributed by atoms with Crippen molar-refractivity contribution in [1.82, 2.24) is 10.2 Å². The van der Waals surface area contributed by atoms with Crippen LogP contribution in [0.3, 0.4) is 0 Å². The SMILES string of the molecule is COc1ccc(CNC(=O)C[C@H]2N=C3c4ccccc4N=C(SCc4cccc([N+](=O)[O-])c4)N3C2=O)cc1. The van der Waals surface area contributed by atoms with E-state index in [1.54, 1.807) is 19.2 Å². The summed E-state index contributed by atoms with van der Waals surface area (Å²) in [6.07, 6.45) is -0.0972. The van der Waals surface area contributed by atoms with Gasteiger partial charge in [0.1, 0.15) is 17.6 Å². The van der Waals surface area contributed by atoms with Crippen molar-refractivity contribution >= 4 is 46.0 Å². The fourth-order valence-electron chi connectivity index (χ4n) is 4.13. The van der Waals surface area contributed by atoms with Crippen molar-refractivity contribution in [3.8, 4) is 5.75 Å². The number of methoxy groups -OCH3 is 1. The fourth-order valence-corrected chi connectivity index (χ4v) is 5.08. The molecule has 38 heavy (non-hydrogen) atoms. The summed E-state index contributed by atoms with van der Waals surface area (Å²) < 4.78 is 5.15. The summed E-state index contributed by atoms with van der Waals surface area (Å²) in [5.41, 5.74) is 3.01. The number of para-hydroxylation sites is 1. The van der Waals surface area contributed by atoms with Gasteiger partial charge in [-0.3, -0.25) is 24.7 Å². The van der Waals surface area contributed by atoms with Crippen LogP contribution in [0.4, 0.5) is 11.4 Å². The number of fused-ring (bicyclic) bond motifs is 3. The quantitative estimate of drug-likeness (QED) is 0.344.